The van der Waals surface area contributed by atoms with Crippen molar-refractivity contribution in [3.63, 3.8) is 0 Å². The standard InChI is InChI=1S/C9H14N6/c1-3-15-6-7(4-12-15)9(10-2)8-5-11-14-13-8/h4-6,9-10H,3H2,1-2H3,(H,11,13,14). The van der Waals surface area contributed by atoms with Gasteiger partial charge in [0.2, 0.25) is 0 Å². The van der Waals surface area contributed by atoms with Gasteiger partial charge in [0.15, 0.2) is 0 Å². The van der Waals surface area contributed by atoms with Crippen molar-refractivity contribution in [2.45, 2.75) is 19.5 Å². The Labute approximate surface area is 87.7 Å². The molecule has 0 amide bonds. The van der Waals surface area contributed by atoms with Crippen LogP contribution in [0.3, 0.4) is 0 Å². The van der Waals surface area contributed by atoms with E-state index in [2.05, 4.69) is 32.7 Å². The number of aryl methyl sites for hydroxylation is 1. The van der Waals surface area contributed by atoms with Crippen molar-refractivity contribution in [2.75, 3.05) is 7.05 Å². The Bertz CT molecular complexity index is 404. The van der Waals surface area contributed by atoms with Crippen LogP contribution >= 0.6 is 0 Å². The first-order valence-electron chi connectivity index (χ1n) is 4.90. The molecule has 2 N–H and O–H groups in total. The number of rotatable bonds is 4. The smallest absolute Gasteiger partial charge is 0.104 e. The van der Waals surface area contributed by atoms with Crippen LogP contribution in [0, 0.1) is 0 Å². The second-order valence-corrected chi connectivity index (χ2v) is 3.25. The molecular weight excluding hydrogens is 192 g/mol. The van der Waals surface area contributed by atoms with Gasteiger partial charge in [0.1, 0.15) is 5.69 Å². The Morgan fingerprint density at radius 1 is 1.53 bits per heavy atom. The highest BCUT2D eigenvalue weighted by Crippen LogP contribution is 2.17. The van der Waals surface area contributed by atoms with Gasteiger partial charge in [-0.1, -0.05) is 0 Å². The van der Waals surface area contributed by atoms with E-state index in [1.807, 2.05) is 24.1 Å². The average molecular weight is 206 g/mol. The summed E-state index contributed by atoms with van der Waals surface area (Å²) in [5.74, 6) is 0. The summed E-state index contributed by atoms with van der Waals surface area (Å²) in [7, 11) is 1.89. The third kappa shape index (κ3) is 1.89. The molecule has 2 aromatic heterocycles. The highest BCUT2D eigenvalue weighted by atomic mass is 15.3. The van der Waals surface area contributed by atoms with Gasteiger partial charge in [-0.05, 0) is 14.0 Å². The summed E-state index contributed by atoms with van der Waals surface area (Å²) in [6, 6.07) is 0.0454. The second-order valence-electron chi connectivity index (χ2n) is 3.25. The van der Waals surface area contributed by atoms with E-state index in [0.717, 1.165) is 17.8 Å². The Morgan fingerprint density at radius 2 is 2.40 bits per heavy atom. The van der Waals surface area contributed by atoms with Crippen molar-refractivity contribution in [3.05, 3.63) is 29.8 Å². The lowest BCUT2D eigenvalue weighted by Gasteiger charge is -2.09. The van der Waals surface area contributed by atoms with Gasteiger partial charge in [-0.25, -0.2) is 0 Å². The first-order valence-corrected chi connectivity index (χ1v) is 4.90. The van der Waals surface area contributed by atoms with Crippen LogP contribution in [0.25, 0.3) is 0 Å². The van der Waals surface area contributed by atoms with E-state index >= 15 is 0 Å². The normalized spacial score (nSPS) is 12.9. The van der Waals surface area contributed by atoms with Gasteiger partial charge in [-0.15, -0.1) is 0 Å². The van der Waals surface area contributed by atoms with Gasteiger partial charge in [-0.3, -0.25) is 4.68 Å². The molecule has 0 aromatic carbocycles. The molecule has 1 unspecified atom stereocenters. The summed E-state index contributed by atoms with van der Waals surface area (Å²) >= 11 is 0. The Hall–Kier alpha value is -1.69. The lowest BCUT2D eigenvalue weighted by atomic mass is 10.1. The molecule has 2 aromatic rings. The zero-order valence-corrected chi connectivity index (χ0v) is 8.81. The molecule has 1 atom stereocenters. The summed E-state index contributed by atoms with van der Waals surface area (Å²) in [5.41, 5.74) is 1.96. The van der Waals surface area contributed by atoms with Crippen molar-refractivity contribution in [2.24, 2.45) is 0 Å². The Balaban J connectivity index is 2.27. The van der Waals surface area contributed by atoms with Crippen molar-refractivity contribution < 1.29 is 0 Å². The predicted molar refractivity (Wildman–Crippen MR) is 55.2 cm³/mol. The van der Waals surface area contributed by atoms with Gasteiger partial charge in [0, 0.05) is 18.3 Å². The second kappa shape index (κ2) is 4.22. The van der Waals surface area contributed by atoms with E-state index in [9.17, 15) is 0 Å². The van der Waals surface area contributed by atoms with Gasteiger partial charge in [0.05, 0.1) is 18.4 Å². The molecule has 0 saturated carbocycles. The maximum absolute atomic E-state index is 4.23. The number of aromatic nitrogens is 5. The maximum Gasteiger partial charge on any atom is 0.104 e. The van der Waals surface area contributed by atoms with Gasteiger partial charge in [0.25, 0.3) is 0 Å². The topological polar surface area (TPSA) is 71.4 Å². The van der Waals surface area contributed by atoms with Crippen molar-refractivity contribution in [1.29, 1.82) is 0 Å². The van der Waals surface area contributed by atoms with Crippen molar-refractivity contribution in [3.8, 4) is 0 Å². The van der Waals surface area contributed by atoms with Gasteiger partial charge in [-0.2, -0.15) is 20.5 Å². The number of nitrogens with one attached hydrogen (secondary N) is 2. The maximum atomic E-state index is 4.23. The fourth-order valence-corrected chi connectivity index (χ4v) is 1.54. The van der Waals surface area contributed by atoms with Crippen LogP contribution in [0.5, 0.6) is 0 Å². The number of nitrogens with zero attached hydrogens (tertiary/aromatic N) is 4. The van der Waals surface area contributed by atoms with E-state index in [4.69, 9.17) is 0 Å². The van der Waals surface area contributed by atoms with Gasteiger partial charge >= 0.3 is 0 Å². The monoisotopic (exact) mass is 206 g/mol. The van der Waals surface area contributed by atoms with Crippen LogP contribution in [0.1, 0.15) is 24.2 Å². The SMILES string of the molecule is CCn1cc(C(NC)c2cn[nH]n2)cn1. The number of aromatic amines is 1. The minimum absolute atomic E-state index is 0.0454. The molecule has 0 fully saturated rings. The molecule has 0 spiro atoms. The molecule has 2 heterocycles. The van der Waals surface area contributed by atoms with Gasteiger partial charge < -0.3 is 5.32 Å². The molecule has 0 bridgehead atoms. The van der Waals surface area contributed by atoms with E-state index in [1.165, 1.54) is 0 Å². The molecule has 0 saturated heterocycles. The third-order valence-corrected chi connectivity index (χ3v) is 2.33. The summed E-state index contributed by atoms with van der Waals surface area (Å²) in [5, 5.41) is 17.9. The molecule has 2 rings (SSSR count). The number of hydrogen-bond donors (Lipinski definition) is 2. The van der Waals surface area contributed by atoms with Crippen LogP contribution in [-0.2, 0) is 6.54 Å². The average Bonchev–Trinajstić information content (AvgIpc) is 2.89. The molecule has 15 heavy (non-hydrogen) atoms. The van der Waals surface area contributed by atoms with Crippen LogP contribution in [0.2, 0.25) is 0 Å². The summed E-state index contributed by atoms with van der Waals surface area (Å²) < 4.78 is 1.89. The lowest BCUT2D eigenvalue weighted by molar-refractivity contribution is 0.648. The Kier molecular flexibility index (Phi) is 2.77. The minimum atomic E-state index is 0.0454. The van der Waals surface area contributed by atoms with E-state index in [0.29, 0.717) is 0 Å². The van der Waals surface area contributed by atoms with Crippen molar-refractivity contribution in [1.82, 2.24) is 30.5 Å². The third-order valence-electron chi connectivity index (χ3n) is 2.33. The summed E-state index contributed by atoms with van der Waals surface area (Å²) in [4.78, 5) is 0. The predicted octanol–water partition coefficient (Wildman–Crippen LogP) is 0.330. The van der Waals surface area contributed by atoms with Crippen LogP contribution in [-0.4, -0.2) is 32.2 Å². The molecule has 0 radical (unpaired) electrons. The lowest BCUT2D eigenvalue weighted by Crippen LogP contribution is -2.17. The Morgan fingerprint density at radius 3 is 2.93 bits per heavy atom. The zero-order chi connectivity index (χ0) is 10.7. The fourth-order valence-electron chi connectivity index (χ4n) is 1.54. The van der Waals surface area contributed by atoms with E-state index < -0.39 is 0 Å². The number of hydrogen-bond acceptors (Lipinski definition) is 4. The fraction of sp³-hybridized carbons (Fsp3) is 0.444. The quantitative estimate of drug-likeness (QED) is 0.756. The number of H-pyrrole nitrogens is 1. The zero-order valence-electron chi connectivity index (χ0n) is 8.81. The van der Waals surface area contributed by atoms with Crippen molar-refractivity contribution >= 4 is 0 Å². The first-order chi connectivity index (χ1) is 7.35. The van der Waals surface area contributed by atoms with Crippen LogP contribution in [0.15, 0.2) is 18.6 Å². The highest BCUT2D eigenvalue weighted by molar-refractivity contribution is 5.20. The summed E-state index contributed by atoms with van der Waals surface area (Å²) in [6.07, 6.45) is 5.57. The first kappa shape index (κ1) is 9.85. The molecule has 6 heteroatoms. The van der Waals surface area contributed by atoms with E-state index in [-0.39, 0.29) is 6.04 Å². The molecule has 0 aliphatic rings. The van der Waals surface area contributed by atoms with Crippen LogP contribution in [0.4, 0.5) is 0 Å². The molecule has 0 aliphatic heterocycles. The minimum Gasteiger partial charge on any atom is -0.308 e. The summed E-state index contributed by atoms with van der Waals surface area (Å²) in [6.45, 7) is 2.93. The van der Waals surface area contributed by atoms with Crippen LogP contribution < -0.4 is 5.32 Å². The molecule has 80 valence electrons. The largest absolute Gasteiger partial charge is 0.308 e. The molecule has 0 aliphatic carbocycles. The highest BCUT2D eigenvalue weighted by Gasteiger charge is 2.15. The molecule has 6 nitrogen and oxygen atoms in total. The molecular formula is C9H14N6. The van der Waals surface area contributed by atoms with E-state index in [1.54, 1.807) is 6.20 Å².